The van der Waals surface area contributed by atoms with E-state index in [0.717, 1.165) is 16.9 Å². The van der Waals surface area contributed by atoms with E-state index in [-0.39, 0.29) is 23.9 Å². The molecule has 6 nitrogen and oxygen atoms in total. The number of nitrogens with one attached hydrogen (secondary N) is 2. The molecule has 1 heterocycles. The molecule has 29 heavy (non-hydrogen) atoms. The molecule has 10 heteroatoms. The van der Waals surface area contributed by atoms with E-state index >= 15 is 0 Å². The second kappa shape index (κ2) is 10.8. The lowest BCUT2D eigenvalue weighted by Crippen LogP contribution is -2.28. The first-order valence-corrected chi connectivity index (χ1v) is 10.7. The van der Waals surface area contributed by atoms with Crippen LogP contribution in [0.15, 0.2) is 18.2 Å². The summed E-state index contributed by atoms with van der Waals surface area (Å²) in [6, 6.07) is 5.16. The van der Waals surface area contributed by atoms with Crippen LogP contribution < -0.4 is 10.6 Å². The zero-order chi connectivity index (χ0) is 21.6. The predicted molar refractivity (Wildman–Crippen MR) is 120 cm³/mol. The van der Waals surface area contributed by atoms with Gasteiger partial charge in [0.1, 0.15) is 9.88 Å². The van der Waals surface area contributed by atoms with E-state index in [1.165, 1.54) is 0 Å². The van der Waals surface area contributed by atoms with Gasteiger partial charge in [-0.15, -0.1) is 11.3 Å². The van der Waals surface area contributed by atoms with E-state index in [0.29, 0.717) is 32.0 Å². The molecule has 0 atom stereocenters. The quantitative estimate of drug-likeness (QED) is 0.421. The van der Waals surface area contributed by atoms with Crippen molar-refractivity contribution in [3.8, 4) is 0 Å². The third kappa shape index (κ3) is 6.05. The Morgan fingerprint density at radius 1 is 1.14 bits per heavy atom. The summed E-state index contributed by atoms with van der Waals surface area (Å²) < 4.78 is 10.2. The van der Waals surface area contributed by atoms with E-state index in [9.17, 15) is 9.59 Å². The van der Waals surface area contributed by atoms with Crippen molar-refractivity contribution < 1.29 is 19.1 Å². The summed E-state index contributed by atoms with van der Waals surface area (Å²) in [4.78, 5) is 24.9. The van der Waals surface area contributed by atoms with Gasteiger partial charge in [-0.2, -0.15) is 0 Å². The van der Waals surface area contributed by atoms with Gasteiger partial charge in [0, 0.05) is 16.6 Å². The number of hydrogen-bond acceptors (Lipinski definition) is 6. The third-order valence-corrected chi connectivity index (χ3v) is 5.79. The van der Waals surface area contributed by atoms with E-state index in [2.05, 4.69) is 10.6 Å². The van der Waals surface area contributed by atoms with Crippen LogP contribution in [0.1, 0.15) is 45.0 Å². The number of ether oxygens (including phenoxy) is 2. The molecule has 1 aromatic carbocycles. The van der Waals surface area contributed by atoms with Crippen LogP contribution in [0.2, 0.25) is 10.0 Å². The van der Waals surface area contributed by atoms with Gasteiger partial charge in [-0.05, 0) is 56.2 Å². The fourth-order valence-corrected chi connectivity index (χ4v) is 4.24. The fraction of sp³-hybridized carbons (Fsp3) is 0.316. The first-order valence-electron chi connectivity index (χ1n) is 8.74. The Kier molecular flexibility index (Phi) is 8.70. The average molecular weight is 475 g/mol. The first kappa shape index (κ1) is 23.4. The molecule has 2 rings (SSSR count). The number of hydrogen-bond donors (Lipinski definition) is 2. The van der Waals surface area contributed by atoms with Crippen molar-refractivity contribution in [2.75, 3.05) is 18.5 Å². The fourth-order valence-electron chi connectivity index (χ4n) is 2.43. The van der Waals surface area contributed by atoms with Gasteiger partial charge in [0.05, 0.1) is 18.8 Å². The molecule has 0 aliphatic rings. The van der Waals surface area contributed by atoms with Gasteiger partial charge < -0.3 is 20.1 Å². The van der Waals surface area contributed by atoms with Crippen LogP contribution in [0.3, 0.4) is 0 Å². The zero-order valence-electron chi connectivity index (χ0n) is 16.1. The predicted octanol–water partition coefficient (Wildman–Crippen LogP) is 5.20. The second-order valence-electron chi connectivity index (χ2n) is 5.74. The van der Waals surface area contributed by atoms with Crippen LogP contribution in [0.25, 0.3) is 0 Å². The van der Waals surface area contributed by atoms with Crippen LogP contribution in [0, 0.1) is 6.92 Å². The lowest BCUT2D eigenvalue weighted by molar-refractivity contribution is 0.0527. The summed E-state index contributed by atoms with van der Waals surface area (Å²) in [6.07, 6.45) is 0. The highest BCUT2D eigenvalue weighted by molar-refractivity contribution is 7.80. The number of carbonyl (C=O) groups excluding carboxylic acids is 2. The molecule has 1 aromatic heterocycles. The standard InChI is InChI=1S/C19H20Cl2N2O4S2/c1-4-26-17(24)14-10(3)15(18(25)27-5-2)29-16(14)23-19(28)22-9-11-6-7-12(20)8-13(11)21/h6-8H,4-5,9H2,1-3H3,(H2,22,23,28). The maximum absolute atomic E-state index is 12.4. The molecule has 0 saturated heterocycles. The Labute approximate surface area is 188 Å². The number of carbonyl (C=O) groups is 2. The van der Waals surface area contributed by atoms with Crippen LogP contribution in [-0.4, -0.2) is 30.3 Å². The van der Waals surface area contributed by atoms with Crippen molar-refractivity contribution in [2.24, 2.45) is 0 Å². The van der Waals surface area contributed by atoms with Crippen molar-refractivity contribution in [1.82, 2.24) is 5.32 Å². The SMILES string of the molecule is CCOC(=O)c1sc(NC(=S)NCc2ccc(Cl)cc2Cl)c(C(=O)OCC)c1C. The molecule has 0 aliphatic carbocycles. The Morgan fingerprint density at radius 3 is 2.41 bits per heavy atom. The largest absolute Gasteiger partial charge is 0.462 e. The molecular formula is C19H20Cl2N2O4S2. The summed E-state index contributed by atoms with van der Waals surface area (Å²) in [6.45, 7) is 5.89. The molecule has 156 valence electrons. The van der Waals surface area contributed by atoms with Crippen molar-refractivity contribution in [1.29, 1.82) is 0 Å². The van der Waals surface area contributed by atoms with E-state index in [4.69, 9.17) is 44.9 Å². The third-order valence-electron chi connectivity index (χ3n) is 3.77. The van der Waals surface area contributed by atoms with E-state index in [1.807, 2.05) is 0 Å². The van der Waals surface area contributed by atoms with Gasteiger partial charge in [-0.3, -0.25) is 0 Å². The average Bonchev–Trinajstić information content (AvgIpc) is 2.97. The number of anilines is 1. The highest BCUT2D eigenvalue weighted by Gasteiger charge is 2.26. The van der Waals surface area contributed by atoms with Crippen molar-refractivity contribution in [3.05, 3.63) is 49.8 Å². The van der Waals surface area contributed by atoms with E-state index < -0.39 is 11.9 Å². The van der Waals surface area contributed by atoms with Gasteiger partial charge in [0.25, 0.3) is 0 Å². The molecule has 2 N–H and O–H groups in total. The topological polar surface area (TPSA) is 76.7 Å². The highest BCUT2D eigenvalue weighted by atomic mass is 35.5. The number of thiocarbonyl (C=S) groups is 1. The first-order chi connectivity index (χ1) is 13.8. The Morgan fingerprint density at radius 2 is 1.79 bits per heavy atom. The Bertz CT molecular complexity index is 931. The normalized spacial score (nSPS) is 10.4. The smallest absolute Gasteiger partial charge is 0.348 e. The maximum atomic E-state index is 12.4. The van der Waals surface area contributed by atoms with Crippen LogP contribution in [-0.2, 0) is 16.0 Å². The summed E-state index contributed by atoms with van der Waals surface area (Å²) in [5, 5.41) is 7.71. The van der Waals surface area contributed by atoms with Crippen molar-refractivity contribution in [2.45, 2.75) is 27.3 Å². The lowest BCUT2D eigenvalue weighted by Gasteiger charge is -2.12. The maximum Gasteiger partial charge on any atom is 0.348 e. The van der Waals surface area contributed by atoms with Gasteiger partial charge in [0.2, 0.25) is 0 Å². The molecular weight excluding hydrogens is 455 g/mol. The number of thiophene rings is 1. The van der Waals surface area contributed by atoms with Crippen molar-refractivity contribution >= 4 is 68.8 Å². The summed E-state index contributed by atoms with van der Waals surface area (Å²) in [5.74, 6) is -1.04. The minimum Gasteiger partial charge on any atom is -0.462 e. The number of benzene rings is 1. The summed E-state index contributed by atoms with van der Waals surface area (Å²) in [7, 11) is 0. The second-order valence-corrected chi connectivity index (χ2v) is 8.02. The van der Waals surface area contributed by atoms with Gasteiger partial charge >= 0.3 is 11.9 Å². The molecule has 0 saturated carbocycles. The summed E-state index contributed by atoms with van der Waals surface area (Å²) in [5.41, 5.74) is 1.55. The van der Waals surface area contributed by atoms with Crippen molar-refractivity contribution in [3.63, 3.8) is 0 Å². The molecule has 0 bridgehead atoms. The molecule has 0 radical (unpaired) electrons. The number of esters is 2. The Balaban J connectivity index is 2.20. The minimum atomic E-state index is -0.539. The number of halogens is 2. The molecule has 0 spiro atoms. The molecule has 0 fully saturated rings. The minimum absolute atomic E-state index is 0.208. The van der Waals surface area contributed by atoms with Crippen LogP contribution >= 0.6 is 46.8 Å². The molecule has 2 aromatic rings. The zero-order valence-corrected chi connectivity index (χ0v) is 19.2. The molecule has 0 amide bonds. The number of rotatable bonds is 7. The molecule has 0 aliphatic heterocycles. The lowest BCUT2D eigenvalue weighted by atomic mass is 10.1. The van der Waals surface area contributed by atoms with E-state index in [1.54, 1.807) is 39.0 Å². The highest BCUT2D eigenvalue weighted by Crippen LogP contribution is 2.34. The Hall–Kier alpha value is -1.87. The summed E-state index contributed by atoms with van der Waals surface area (Å²) >= 11 is 18.5. The van der Waals surface area contributed by atoms with Gasteiger partial charge in [0.15, 0.2) is 5.11 Å². The van der Waals surface area contributed by atoms with Gasteiger partial charge in [-0.1, -0.05) is 29.3 Å². The van der Waals surface area contributed by atoms with Gasteiger partial charge in [-0.25, -0.2) is 9.59 Å². The van der Waals surface area contributed by atoms with Crippen LogP contribution in [0.4, 0.5) is 5.00 Å². The monoisotopic (exact) mass is 474 g/mol. The van der Waals surface area contributed by atoms with Crippen LogP contribution in [0.5, 0.6) is 0 Å². The molecule has 0 unspecified atom stereocenters.